The molecule has 0 aliphatic carbocycles. The van der Waals surface area contributed by atoms with Crippen LogP contribution in [-0.4, -0.2) is 5.91 Å². The van der Waals surface area contributed by atoms with Crippen LogP contribution < -0.4 is 11.1 Å². The van der Waals surface area contributed by atoms with Crippen LogP contribution in [0, 0.1) is 0 Å². The van der Waals surface area contributed by atoms with Gasteiger partial charge in [-0.05, 0) is 40.2 Å². The highest BCUT2D eigenvalue weighted by atomic mass is 79.9. The third kappa shape index (κ3) is 2.88. The van der Waals surface area contributed by atoms with E-state index >= 15 is 0 Å². The van der Waals surface area contributed by atoms with Crippen molar-refractivity contribution >= 4 is 27.5 Å². The maximum absolute atomic E-state index is 11.8. The maximum Gasteiger partial charge on any atom is 0.251 e. The fraction of sp³-hybridized carbons (Fsp3) is 0.0833. The summed E-state index contributed by atoms with van der Waals surface area (Å²) >= 11 is 3.28. The number of carbonyl (C=O) groups is 1. The summed E-state index contributed by atoms with van der Waals surface area (Å²) in [6.07, 6.45) is 3.16. The molecule has 0 radical (unpaired) electrons. The molecular weight excluding hydrogens is 284 g/mol. The summed E-state index contributed by atoms with van der Waals surface area (Å²) in [5.41, 5.74) is 7.71. The highest BCUT2D eigenvalue weighted by molar-refractivity contribution is 9.10. The smallest absolute Gasteiger partial charge is 0.251 e. The highest BCUT2D eigenvalue weighted by Crippen LogP contribution is 2.20. The highest BCUT2D eigenvalue weighted by Gasteiger charge is 2.07. The van der Waals surface area contributed by atoms with Crippen LogP contribution in [-0.2, 0) is 6.54 Å². The number of furan rings is 1. The van der Waals surface area contributed by atoms with Crippen LogP contribution in [0.4, 0.5) is 5.69 Å². The summed E-state index contributed by atoms with van der Waals surface area (Å²) in [4.78, 5) is 11.8. The Balaban J connectivity index is 2.02. The van der Waals surface area contributed by atoms with E-state index < -0.39 is 0 Å². The zero-order valence-electron chi connectivity index (χ0n) is 8.94. The Labute approximate surface area is 107 Å². The number of hydrogen-bond acceptors (Lipinski definition) is 3. The first-order chi connectivity index (χ1) is 8.16. The van der Waals surface area contributed by atoms with Gasteiger partial charge in [-0.3, -0.25) is 4.79 Å². The molecule has 1 amide bonds. The van der Waals surface area contributed by atoms with Crippen molar-refractivity contribution in [3.05, 3.63) is 52.4 Å². The predicted molar refractivity (Wildman–Crippen MR) is 68.4 cm³/mol. The molecule has 1 aromatic heterocycles. The Morgan fingerprint density at radius 3 is 2.88 bits per heavy atom. The van der Waals surface area contributed by atoms with E-state index in [9.17, 15) is 4.79 Å². The van der Waals surface area contributed by atoms with Crippen LogP contribution in [0.3, 0.4) is 0 Å². The van der Waals surface area contributed by atoms with Crippen LogP contribution in [0.15, 0.2) is 45.7 Å². The van der Waals surface area contributed by atoms with Crippen molar-refractivity contribution in [1.82, 2.24) is 5.32 Å². The Hall–Kier alpha value is -1.75. The van der Waals surface area contributed by atoms with Crippen molar-refractivity contribution in [2.75, 3.05) is 5.73 Å². The Kier molecular flexibility index (Phi) is 3.49. The second-order valence-electron chi connectivity index (χ2n) is 3.55. The van der Waals surface area contributed by atoms with Gasteiger partial charge in [0, 0.05) is 27.8 Å². The normalized spacial score (nSPS) is 10.2. The van der Waals surface area contributed by atoms with Crippen LogP contribution >= 0.6 is 15.9 Å². The molecule has 3 N–H and O–H groups in total. The van der Waals surface area contributed by atoms with Gasteiger partial charge in [0.2, 0.25) is 0 Å². The van der Waals surface area contributed by atoms with Crippen LogP contribution in [0.2, 0.25) is 0 Å². The second-order valence-corrected chi connectivity index (χ2v) is 4.40. The van der Waals surface area contributed by atoms with E-state index in [0.717, 1.165) is 10.0 Å². The molecule has 0 bridgehead atoms. The van der Waals surface area contributed by atoms with E-state index in [1.165, 1.54) is 0 Å². The molecule has 2 rings (SSSR count). The molecule has 88 valence electrons. The van der Waals surface area contributed by atoms with Gasteiger partial charge in [0.1, 0.15) is 0 Å². The van der Waals surface area contributed by atoms with Gasteiger partial charge in [-0.25, -0.2) is 0 Å². The third-order valence-corrected chi connectivity index (χ3v) is 3.01. The van der Waals surface area contributed by atoms with Gasteiger partial charge in [0.25, 0.3) is 5.91 Å². The lowest BCUT2D eigenvalue weighted by Gasteiger charge is -2.05. The number of nitrogen functional groups attached to an aromatic ring is 1. The third-order valence-electron chi connectivity index (χ3n) is 2.29. The summed E-state index contributed by atoms with van der Waals surface area (Å²) in [6.45, 7) is 0.436. The number of amides is 1. The Bertz CT molecular complexity index is 523. The van der Waals surface area contributed by atoms with Gasteiger partial charge in [-0.1, -0.05) is 0 Å². The van der Waals surface area contributed by atoms with Crippen molar-refractivity contribution in [3.63, 3.8) is 0 Å². The molecule has 0 aliphatic heterocycles. The SMILES string of the molecule is Nc1cc(C(=O)NCc2ccoc2)ccc1Br. The first kappa shape index (κ1) is 11.7. The molecule has 0 unspecified atom stereocenters. The van der Waals surface area contributed by atoms with Gasteiger partial charge in [0.15, 0.2) is 0 Å². The summed E-state index contributed by atoms with van der Waals surface area (Å²) in [6, 6.07) is 6.90. The minimum absolute atomic E-state index is 0.162. The number of benzene rings is 1. The lowest BCUT2D eigenvalue weighted by Crippen LogP contribution is -2.22. The van der Waals surface area contributed by atoms with E-state index in [4.69, 9.17) is 10.2 Å². The van der Waals surface area contributed by atoms with Crippen LogP contribution in [0.25, 0.3) is 0 Å². The van der Waals surface area contributed by atoms with Crippen molar-refractivity contribution in [2.45, 2.75) is 6.54 Å². The van der Waals surface area contributed by atoms with E-state index in [0.29, 0.717) is 17.8 Å². The van der Waals surface area contributed by atoms with E-state index in [2.05, 4.69) is 21.2 Å². The molecule has 0 fully saturated rings. The summed E-state index contributed by atoms with van der Waals surface area (Å²) in [5, 5.41) is 2.78. The summed E-state index contributed by atoms with van der Waals surface area (Å²) in [5.74, 6) is -0.162. The number of halogens is 1. The Morgan fingerprint density at radius 1 is 1.41 bits per heavy atom. The van der Waals surface area contributed by atoms with Gasteiger partial charge in [-0.2, -0.15) is 0 Å². The van der Waals surface area contributed by atoms with E-state index in [-0.39, 0.29) is 5.91 Å². The summed E-state index contributed by atoms with van der Waals surface area (Å²) < 4.78 is 5.69. The quantitative estimate of drug-likeness (QED) is 0.855. The molecule has 0 saturated heterocycles. The first-order valence-electron chi connectivity index (χ1n) is 5.01. The predicted octanol–water partition coefficient (Wildman–Crippen LogP) is 2.55. The average Bonchev–Trinajstić information content (AvgIpc) is 2.82. The van der Waals surface area contributed by atoms with Gasteiger partial charge in [-0.15, -0.1) is 0 Å². The molecule has 1 aromatic carbocycles. The monoisotopic (exact) mass is 294 g/mol. The molecule has 0 saturated carbocycles. The zero-order valence-corrected chi connectivity index (χ0v) is 10.5. The van der Waals surface area contributed by atoms with Crippen molar-refractivity contribution in [2.24, 2.45) is 0 Å². The zero-order chi connectivity index (χ0) is 12.3. The summed E-state index contributed by atoms with van der Waals surface area (Å²) in [7, 11) is 0. The van der Waals surface area contributed by atoms with Crippen LogP contribution in [0.1, 0.15) is 15.9 Å². The largest absolute Gasteiger partial charge is 0.472 e. The molecule has 5 heteroatoms. The van der Waals surface area contributed by atoms with Gasteiger partial charge in [0.05, 0.1) is 12.5 Å². The lowest BCUT2D eigenvalue weighted by molar-refractivity contribution is 0.0951. The lowest BCUT2D eigenvalue weighted by atomic mass is 10.2. The molecule has 0 atom stereocenters. The van der Waals surface area contributed by atoms with Crippen LogP contribution in [0.5, 0.6) is 0 Å². The number of anilines is 1. The fourth-order valence-corrected chi connectivity index (χ4v) is 1.61. The number of hydrogen-bond donors (Lipinski definition) is 2. The van der Waals surface area contributed by atoms with E-state index in [1.54, 1.807) is 36.8 Å². The van der Waals surface area contributed by atoms with Crippen molar-refractivity contribution in [1.29, 1.82) is 0 Å². The van der Waals surface area contributed by atoms with Crippen molar-refractivity contribution < 1.29 is 9.21 Å². The topological polar surface area (TPSA) is 68.3 Å². The molecule has 4 nitrogen and oxygen atoms in total. The van der Waals surface area contributed by atoms with Gasteiger partial charge >= 0.3 is 0 Å². The number of nitrogens with two attached hydrogens (primary N) is 1. The molecule has 2 aromatic rings. The minimum atomic E-state index is -0.162. The molecule has 0 spiro atoms. The Morgan fingerprint density at radius 2 is 2.24 bits per heavy atom. The van der Waals surface area contributed by atoms with Crippen molar-refractivity contribution in [3.8, 4) is 0 Å². The second kappa shape index (κ2) is 5.05. The number of rotatable bonds is 3. The van der Waals surface area contributed by atoms with Gasteiger partial charge < -0.3 is 15.5 Å². The minimum Gasteiger partial charge on any atom is -0.472 e. The molecule has 0 aliphatic rings. The standard InChI is InChI=1S/C12H11BrN2O2/c13-10-2-1-9(5-11(10)14)12(16)15-6-8-3-4-17-7-8/h1-5,7H,6,14H2,(H,15,16). The first-order valence-corrected chi connectivity index (χ1v) is 5.80. The fourth-order valence-electron chi connectivity index (χ4n) is 1.36. The molecule has 1 heterocycles. The average molecular weight is 295 g/mol. The maximum atomic E-state index is 11.8. The number of carbonyl (C=O) groups excluding carboxylic acids is 1. The molecular formula is C12H11BrN2O2. The molecule has 17 heavy (non-hydrogen) atoms. The number of nitrogens with one attached hydrogen (secondary N) is 1. The van der Waals surface area contributed by atoms with E-state index in [1.807, 2.05) is 0 Å².